The van der Waals surface area contributed by atoms with Crippen LogP contribution in [0, 0.1) is 28.9 Å². The fraction of sp³-hybridized carbons (Fsp3) is 0.273. The maximum atomic E-state index is 13.4. The molecule has 0 radical (unpaired) electrons. The Morgan fingerprint density at radius 2 is 1.71 bits per heavy atom. The van der Waals surface area contributed by atoms with E-state index in [1.54, 1.807) is 35.8 Å². The summed E-state index contributed by atoms with van der Waals surface area (Å²) in [7, 11) is 0. The summed E-state index contributed by atoms with van der Waals surface area (Å²) in [5.74, 6) is -0.725. The smallest absolute Gasteiger partial charge is 0.231 e. The molecule has 1 N–H and O–H groups in total. The third kappa shape index (κ3) is 5.09. The second-order valence-corrected chi connectivity index (χ2v) is 8.37. The van der Waals surface area contributed by atoms with Gasteiger partial charge in [0.15, 0.2) is 11.0 Å². The summed E-state index contributed by atoms with van der Waals surface area (Å²) in [6.45, 7) is 5.39. The monoisotopic (exact) mass is 441 g/mol. The summed E-state index contributed by atoms with van der Waals surface area (Å²) in [5, 5.41) is 20.9. The zero-order valence-corrected chi connectivity index (χ0v) is 18.1. The Bertz CT molecular complexity index is 1110. The second kappa shape index (κ2) is 9.27. The minimum atomic E-state index is -0.985. The normalized spacial score (nSPS) is 12.9. The van der Waals surface area contributed by atoms with Crippen LogP contribution in [0.3, 0.4) is 0 Å². The molecule has 0 aliphatic rings. The number of halogens is 2. The molecule has 0 saturated carbocycles. The first-order chi connectivity index (χ1) is 14.7. The number of aromatic nitrogens is 3. The van der Waals surface area contributed by atoms with E-state index in [-0.39, 0.29) is 23.4 Å². The van der Waals surface area contributed by atoms with Gasteiger partial charge in [0.05, 0.1) is 11.8 Å². The molecule has 3 rings (SSSR count). The number of hydrogen-bond acceptors (Lipinski definition) is 5. The van der Waals surface area contributed by atoms with Crippen LogP contribution < -0.4 is 5.32 Å². The number of benzene rings is 2. The predicted octanol–water partition coefficient (Wildman–Crippen LogP) is 4.36. The van der Waals surface area contributed by atoms with Crippen LogP contribution in [0.5, 0.6) is 0 Å². The van der Waals surface area contributed by atoms with Crippen molar-refractivity contribution in [2.75, 3.05) is 5.75 Å². The Hall–Kier alpha value is -3.25. The molecule has 6 nitrogen and oxygen atoms in total. The molecular formula is C22H21F2N5OS. The van der Waals surface area contributed by atoms with Crippen molar-refractivity contribution in [1.29, 1.82) is 5.26 Å². The van der Waals surface area contributed by atoms with Gasteiger partial charge in [0, 0.05) is 11.3 Å². The van der Waals surface area contributed by atoms with E-state index in [0.717, 1.165) is 11.8 Å². The lowest BCUT2D eigenvalue weighted by Crippen LogP contribution is -2.49. The van der Waals surface area contributed by atoms with Gasteiger partial charge in [0.1, 0.15) is 17.2 Å². The maximum absolute atomic E-state index is 13.4. The summed E-state index contributed by atoms with van der Waals surface area (Å²) in [4.78, 5) is 12.5. The number of carbonyl (C=O) groups is 1. The molecule has 9 heteroatoms. The standard InChI is InChI=1S/C22H21F2N5OS/c1-14(2)22(3,13-25)26-19(30)12-31-21-28-27-20(15-4-6-16(23)7-5-15)29(21)18-10-8-17(24)9-11-18/h4-11,14H,12H2,1-3H3,(H,26,30). The Morgan fingerprint density at radius 1 is 1.13 bits per heavy atom. The van der Waals surface area contributed by atoms with Gasteiger partial charge in [-0.15, -0.1) is 10.2 Å². The van der Waals surface area contributed by atoms with E-state index >= 15 is 0 Å². The van der Waals surface area contributed by atoms with Crippen LogP contribution in [0.25, 0.3) is 17.1 Å². The van der Waals surface area contributed by atoms with Crippen molar-refractivity contribution >= 4 is 17.7 Å². The van der Waals surface area contributed by atoms with Gasteiger partial charge in [-0.1, -0.05) is 25.6 Å². The Kier molecular flexibility index (Phi) is 6.71. The van der Waals surface area contributed by atoms with Crippen LogP contribution in [0.4, 0.5) is 8.78 Å². The number of hydrogen-bond donors (Lipinski definition) is 1. The van der Waals surface area contributed by atoms with Crippen LogP contribution in [-0.2, 0) is 4.79 Å². The van der Waals surface area contributed by atoms with E-state index in [2.05, 4.69) is 21.6 Å². The van der Waals surface area contributed by atoms with Crippen molar-refractivity contribution in [3.8, 4) is 23.1 Å². The number of carbonyl (C=O) groups excluding carboxylic acids is 1. The van der Waals surface area contributed by atoms with E-state index in [1.807, 2.05) is 13.8 Å². The molecule has 1 heterocycles. The first-order valence-electron chi connectivity index (χ1n) is 9.56. The molecule has 1 atom stereocenters. The summed E-state index contributed by atoms with van der Waals surface area (Å²) < 4.78 is 28.5. The summed E-state index contributed by atoms with van der Waals surface area (Å²) in [6.07, 6.45) is 0. The average molecular weight is 442 g/mol. The lowest BCUT2D eigenvalue weighted by molar-refractivity contribution is -0.120. The van der Waals surface area contributed by atoms with Crippen LogP contribution in [0.2, 0.25) is 0 Å². The highest BCUT2D eigenvalue weighted by Gasteiger charge is 2.30. The fourth-order valence-corrected chi connectivity index (χ4v) is 3.48. The molecule has 0 aliphatic carbocycles. The van der Waals surface area contributed by atoms with Gasteiger partial charge in [-0.05, 0) is 61.4 Å². The van der Waals surface area contributed by atoms with Crippen LogP contribution in [0.1, 0.15) is 20.8 Å². The summed E-state index contributed by atoms with van der Waals surface area (Å²) in [5.41, 5.74) is 0.228. The molecule has 2 aromatic carbocycles. The summed E-state index contributed by atoms with van der Waals surface area (Å²) in [6, 6.07) is 13.7. The van der Waals surface area contributed by atoms with Crippen molar-refractivity contribution < 1.29 is 13.6 Å². The van der Waals surface area contributed by atoms with Crippen molar-refractivity contribution in [3.05, 3.63) is 60.2 Å². The molecule has 0 fully saturated rings. The predicted molar refractivity (Wildman–Crippen MR) is 114 cm³/mol. The number of nitriles is 1. The Morgan fingerprint density at radius 3 is 2.26 bits per heavy atom. The molecule has 0 bridgehead atoms. The molecule has 160 valence electrons. The van der Waals surface area contributed by atoms with E-state index in [0.29, 0.717) is 22.2 Å². The van der Waals surface area contributed by atoms with Crippen molar-refractivity contribution in [2.24, 2.45) is 5.92 Å². The van der Waals surface area contributed by atoms with E-state index in [1.165, 1.54) is 24.3 Å². The molecule has 3 aromatic rings. The van der Waals surface area contributed by atoms with Gasteiger partial charge in [-0.25, -0.2) is 8.78 Å². The zero-order chi connectivity index (χ0) is 22.6. The number of nitrogens with one attached hydrogen (secondary N) is 1. The largest absolute Gasteiger partial charge is 0.337 e. The van der Waals surface area contributed by atoms with Crippen molar-refractivity contribution in [2.45, 2.75) is 31.5 Å². The third-order valence-corrected chi connectivity index (χ3v) is 5.87. The topological polar surface area (TPSA) is 83.6 Å². The fourth-order valence-electron chi connectivity index (χ4n) is 2.73. The minimum absolute atomic E-state index is 0.00668. The zero-order valence-electron chi connectivity index (χ0n) is 17.3. The Balaban J connectivity index is 1.90. The lowest BCUT2D eigenvalue weighted by Gasteiger charge is -2.27. The van der Waals surface area contributed by atoms with Crippen molar-refractivity contribution in [3.63, 3.8) is 0 Å². The van der Waals surface area contributed by atoms with E-state index < -0.39 is 11.4 Å². The van der Waals surface area contributed by atoms with Crippen LogP contribution >= 0.6 is 11.8 Å². The summed E-state index contributed by atoms with van der Waals surface area (Å²) >= 11 is 1.14. The van der Waals surface area contributed by atoms with Gasteiger partial charge >= 0.3 is 0 Å². The van der Waals surface area contributed by atoms with E-state index in [4.69, 9.17) is 0 Å². The third-order valence-electron chi connectivity index (χ3n) is 4.94. The molecule has 1 aromatic heterocycles. The lowest BCUT2D eigenvalue weighted by atomic mass is 9.90. The SMILES string of the molecule is CC(C)C(C)(C#N)NC(=O)CSc1nnc(-c2ccc(F)cc2)n1-c1ccc(F)cc1. The van der Waals surface area contributed by atoms with Gasteiger partial charge in [-0.3, -0.25) is 9.36 Å². The Labute approximate surface area is 183 Å². The molecule has 0 spiro atoms. The molecule has 1 unspecified atom stereocenters. The molecule has 31 heavy (non-hydrogen) atoms. The highest BCUT2D eigenvalue weighted by Crippen LogP contribution is 2.28. The molecular weight excluding hydrogens is 420 g/mol. The molecule has 0 saturated heterocycles. The first-order valence-corrected chi connectivity index (χ1v) is 10.5. The van der Waals surface area contributed by atoms with Gasteiger partial charge in [0.2, 0.25) is 5.91 Å². The second-order valence-electron chi connectivity index (χ2n) is 7.43. The number of thioether (sulfide) groups is 1. The highest BCUT2D eigenvalue weighted by molar-refractivity contribution is 7.99. The van der Waals surface area contributed by atoms with Gasteiger partial charge in [0.25, 0.3) is 0 Å². The van der Waals surface area contributed by atoms with Gasteiger partial charge < -0.3 is 5.32 Å². The van der Waals surface area contributed by atoms with E-state index in [9.17, 15) is 18.8 Å². The van der Waals surface area contributed by atoms with Gasteiger partial charge in [-0.2, -0.15) is 5.26 Å². The van der Waals surface area contributed by atoms with Crippen LogP contribution in [0.15, 0.2) is 53.7 Å². The molecule has 0 aliphatic heterocycles. The maximum Gasteiger partial charge on any atom is 0.231 e. The first kappa shape index (κ1) is 22.4. The van der Waals surface area contributed by atoms with Crippen LogP contribution in [-0.4, -0.2) is 32.0 Å². The highest BCUT2D eigenvalue weighted by atomic mass is 32.2. The average Bonchev–Trinajstić information content (AvgIpc) is 3.17. The number of nitrogens with zero attached hydrogens (tertiary/aromatic N) is 4. The quantitative estimate of drug-likeness (QED) is 0.551. The molecule has 1 amide bonds. The number of rotatable bonds is 7. The minimum Gasteiger partial charge on any atom is -0.337 e. The number of amides is 1. The van der Waals surface area contributed by atoms with Crippen molar-refractivity contribution in [1.82, 2.24) is 20.1 Å².